The monoisotopic (exact) mass is 220 g/mol. The Kier molecular flexibility index (Phi) is 2.44. The van der Waals surface area contributed by atoms with Crippen LogP contribution in [0.3, 0.4) is 0 Å². The number of benzene rings is 1. The highest BCUT2D eigenvalue weighted by Crippen LogP contribution is 2.23. The lowest BCUT2D eigenvalue weighted by Gasteiger charge is -1.96. The predicted molar refractivity (Wildman–Crippen MR) is 59.0 cm³/mol. The van der Waals surface area contributed by atoms with Crippen molar-refractivity contribution in [2.24, 2.45) is 0 Å². The second-order valence-electron chi connectivity index (χ2n) is 3.51. The van der Waals surface area contributed by atoms with E-state index in [2.05, 4.69) is 4.98 Å². The minimum Gasteiger partial charge on any atom is -0.358 e. The van der Waals surface area contributed by atoms with E-state index in [4.69, 9.17) is 0 Å². The number of nitro groups is 1. The van der Waals surface area contributed by atoms with E-state index in [1.54, 1.807) is 19.2 Å². The smallest absolute Gasteiger partial charge is 0.235 e. The first kappa shape index (κ1) is 10.4. The summed E-state index contributed by atoms with van der Waals surface area (Å²) in [6.07, 6.45) is 3.73. The van der Waals surface area contributed by atoms with Crippen LogP contribution in [0.5, 0.6) is 0 Å². The number of aromatic nitrogens is 1. The van der Waals surface area contributed by atoms with E-state index in [0.29, 0.717) is 16.5 Å². The van der Waals surface area contributed by atoms with Gasteiger partial charge in [-0.15, -0.1) is 0 Å². The fourth-order valence-electron chi connectivity index (χ4n) is 1.62. The van der Waals surface area contributed by atoms with E-state index < -0.39 is 4.92 Å². The second-order valence-corrected chi connectivity index (χ2v) is 3.51. The van der Waals surface area contributed by atoms with Crippen LogP contribution in [-0.2, 0) is 0 Å². The average molecular weight is 220 g/mol. The number of nitrogens with zero attached hydrogens (tertiary/aromatic N) is 1. The van der Waals surface area contributed by atoms with Crippen molar-refractivity contribution >= 4 is 17.0 Å². The zero-order chi connectivity index (χ0) is 11.7. The van der Waals surface area contributed by atoms with Gasteiger partial charge in [0.2, 0.25) is 6.20 Å². The number of nitrogens with one attached hydrogen (secondary N) is 1. The molecule has 0 aliphatic heterocycles. The van der Waals surface area contributed by atoms with Crippen molar-refractivity contribution in [1.82, 2.24) is 4.98 Å². The van der Waals surface area contributed by atoms with Crippen LogP contribution < -0.4 is 0 Å². The third kappa shape index (κ3) is 1.79. The topological polar surface area (TPSA) is 58.9 Å². The van der Waals surface area contributed by atoms with E-state index >= 15 is 0 Å². The molecule has 0 saturated carbocycles. The number of halogens is 1. The maximum Gasteiger partial charge on any atom is 0.235 e. The molecule has 0 fully saturated rings. The number of hydrogen-bond donors (Lipinski definition) is 1. The summed E-state index contributed by atoms with van der Waals surface area (Å²) in [5, 5.41) is 10.8. The number of rotatable bonds is 2. The van der Waals surface area contributed by atoms with Crippen molar-refractivity contribution in [1.29, 1.82) is 0 Å². The molecule has 0 aliphatic rings. The fraction of sp³-hybridized carbons (Fsp3) is 0.0909. The van der Waals surface area contributed by atoms with Gasteiger partial charge in [0.05, 0.1) is 10.4 Å². The SMILES string of the molecule is Cc1cc(F)c2[nH]cc(/C=C/[N+](=O)[O-])c2c1. The molecule has 2 rings (SSSR count). The molecule has 1 aromatic heterocycles. The third-order valence-corrected chi connectivity index (χ3v) is 2.29. The van der Waals surface area contributed by atoms with Crippen LogP contribution in [0.2, 0.25) is 0 Å². The number of H-pyrrole nitrogens is 1. The van der Waals surface area contributed by atoms with Crippen molar-refractivity contribution in [2.75, 3.05) is 0 Å². The molecule has 0 amide bonds. The molecule has 0 unspecified atom stereocenters. The summed E-state index contributed by atoms with van der Waals surface area (Å²) in [6, 6.07) is 3.20. The lowest BCUT2D eigenvalue weighted by Crippen LogP contribution is -1.83. The number of fused-ring (bicyclic) bond motifs is 1. The van der Waals surface area contributed by atoms with Crippen LogP contribution in [0.15, 0.2) is 24.5 Å². The summed E-state index contributed by atoms with van der Waals surface area (Å²) in [7, 11) is 0. The van der Waals surface area contributed by atoms with Gasteiger partial charge in [-0.25, -0.2) is 4.39 Å². The van der Waals surface area contributed by atoms with Crippen molar-refractivity contribution in [3.63, 3.8) is 0 Å². The molecule has 4 nitrogen and oxygen atoms in total. The van der Waals surface area contributed by atoms with E-state index in [1.807, 2.05) is 0 Å². The summed E-state index contributed by atoms with van der Waals surface area (Å²) in [4.78, 5) is 12.4. The highest BCUT2D eigenvalue weighted by atomic mass is 19.1. The van der Waals surface area contributed by atoms with E-state index in [-0.39, 0.29) is 5.82 Å². The normalized spacial score (nSPS) is 11.4. The predicted octanol–water partition coefficient (Wildman–Crippen LogP) is 2.86. The Morgan fingerprint density at radius 2 is 2.25 bits per heavy atom. The lowest BCUT2D eigenvalue weighted by molar-refractivity contribution is -0.400. The first-order valence-corrected chi connectivity index (χ1v) is 4.67. The molecule has 1 heterocycles. The molecule has 5 heteroatoms. The second kappa shape index (κ2) is 3.77. The van der Waals surface area contributed by atoms with Gasteiger partial charge in [-0.05, 0) is 24.6 Å². The molecular formula is C11H9FN2O2. The summed E-state index contributed by atoms with van der Waals surface area (Å²) in [5.74, 6) is -0.351. The van der Waals surface area contributed by atoms with Crippen LogP contribution in [0.1, 0.15) is 11.1 Å². The Labute approximate surface area is 90.5 Å². The van der Waals surface area contributed by atoms with E-state index in [0.717, 1.165) is 11.8 Å². The zero-order valence-electron chi connectivity index (χ0n) is 8.53. The number of hydrogen-bond acceptors (Lipinski definition) is 2. The summed E-state index contributed by atoms with van der Waals surface area (Å²) in [5.41, 5.74) is 1.75. The molecule has 0 bridgehead atoms. The van der Waals surface area contributed by atoms with Crippen LogP contribution in [-0.4, -0.2) is 9.91 Å². The van der Waals surface area contributed by atoms with Crippen molar-refractivity contribution in [2.45, 2.75) is 6.92 Å². The van der Waals surface area contributed by atoms with Gasteiger partial charge in [-0.1, -0.05) is 0 Å². The Hall–Kier alpha value is -2.17. The first-order valence-electron chi connectivity index (χ1n) is 4.67. The minimum atomic E-state index is -0.551. The average Bonchev–Trinajstić information content (AvgIpc) is 2.58. The molecule has 82 valence electrons. The van der Waals surface area contributed by atoms with Gasteiger partial charge < -0.3 is 4.98 Å². The van der Waals surface area contributed by atoms with Gasteiger partial charge in [0.25, 0.3) is 0 Å². The highest BCUT2D eigenvalue weighted by Gasteiger charge is 2.07. The van der Waals surface area contributed by atoms with E-state index in [1.165, 1.54) is 12.1 Å². The molecule has 0 atom stereocenters. The molecule has 0 saturated heterocycles. The molecular weight excluding hydrogens is 211 g/mol. The fourth-order valence-corrected chi connectivity index (χ4v) is 1.62. The van der Waals surface area contributed by atoms with E-state index in [9.17, 15) is 14.5 Å². The summed E-state index contributed by atoms with van der Waals surface area (Å²) >= 11 is 0. The van der Waals surface area contributed by atoms with Crippen LogP contribution in [0, 0.1) is 22.9 Å². The molecule has 1 N–H and O–H groups in total. The van der Waals surface area contributed by atoms with Gasteiger partial charge in [0, 0.05) is 23.2 Å². The van der Waals surface area contributed by atoms with Crippen LogP contribution >= 0.6 is 0 Å². The molecule has 1 aromatic carbocycles. The number of aromatic amines is 1. The van der Waals surface area contributed by atoms with Crippen LogP contribution in [0.4, 0.5) is 4.39 Å². The van der Waals surface area contributed by atoms with Gasteiger partial charge in [0.15, 0.2) is 0 Å². The Morgan fingerprint density at radius 1 is 1.50 bits per heavy atom. The Balaban J connectivity index is 2.60. The molecule has 2 aromatic rings. The zero-order valence-corrected chi connectivity index (χ0v) is 8.53. The molecule has 0 radical (unpaired) electrons. The van der Waals surface area contributed by atoms with Crippen molar-refractivity contribution in [3.05, 3.63) is 51.6 Å². The van der Waals surface area contributed by atoms with Gasteiger partial charge in [-0.3, -0.25) is 10.1 Å². The van der Waals surface area contributed by atoms with Crippen molar-refractivity contribution in [3.8, 4) is 0 Å². The maximum atomic E-state index is 13.5. The lowest BCUT2D eigenvalue weighted by atomic mass is 10.1. The van der Waals surface area contributed by atoms with Gasteiger partial charge in [0.1, 0.15) is 5.82 Å². The first-order chi connectivity index (χ1) is 7.58. The Bertz CT molecular complexity index is 587. The molecule has 0 spiro atoms. The molecule has 0 aliphatic carbocycles. The van der Waals surface area contributed by atoms with Crippen molar-refractivity contribution < 1.29 is 9.31 Å². The third-order valence-electron chi connectivity index (χ3n) is 2.29. The quantitative estimate of drug-likeness (QED) is 0.624. The number of aryl methyl sites for hydroxylation is 1. The minimum absolute atomic E-state index is 0.351. The summed E-state index contributed by atoms with van der Waals surface area (Å²) < 4.78 is 13.5. The molecule has 16 heavy (non-hydrogen) atoms. The largest absolute Gasteiger partial charge is 0.358 e. The highest BCUT2D eigenvalue weighted by molar-refractivity contribution is 5.89. The standard InChI is InChI=1S/C11H9FN2O2/c1-7-4-9-8(2-3-14(15)16)6-13-11(9)10(12)5-7/h2-6,13H,1H3/b3-2+. The van der Waals surface area contributed by atoms with Gasteiger partial charge in [-0.2, -0.15) is 0 Å². The Morgan fingerprint density at radius 3 is 2.94 bits per heavy atom. The summed E-state index contributed by atoms with van der Waals surface area (Å²) in [6.45, 7) is 1.77. The van der Waals surface area contributed by atoms with Crippen LogP contribution in [0.25, 0.3) is 17.0 Å². The van der Waals surface area contributed by atoms with Gasteiger partial charge >= 0.3 is 0 Å². The maximum absolute atomic E-state index is 13.5.